The van der Waals surface area contributed by atoms with E-state index in [1.54, 1.807) is 6.92 Å². The highest BCUT2D eigenvalue weighted by Gasteiger charge is 2.25. The summed E-state index contributed by atoms with van der Waals surface area (Å²) in [7, 11) is 0. The van der Waals surface area contributed by atoms with Crippen molar-refractivity contribution < 1.29 is 14.0 Å². The summed E-state index contributed by atoms with van der Waals surface area (Å²) in [5.41, 5.74) is 1.03. The molecule has 3 rings (SSSR count). The van der Waals surface area contributed by atoms with E-state index in [9.17, 15) is 9.59 Å². The van der Waals surface area contributed by atoms with Gasteiger partial charge in [-0.2, -0.15) is 0 Å². The number of nitrogens with zero attached hydrogens (tertiary/aromatic N) is 1. The highest BCUT2D eigenvalue weighted by atomic mass is 16.4. The predicted octanol–water partition coefficient (Wildman–Crippen LogP) is 2.05. The lowest BCUT2D eigenvalue weighted by Crippen LogP contribution is -2.45. The van der Waals surface area contributed by atoms with Crippen LogP contribution in [0.5, 0.6) is 0 Å². The van der Waals surface area contributed by atoms with Crippen molar-refractivity contribution in [2.24, 2.45) is 0 Å². The molecule has 1 aromatic carbocycles. The average Bonchev–Trinajstić information content (AvgIpc) is 2.84. The zero-order valence-corrected chi connectivity index (χ0v) is 13.0. The third-order valence-electron chi connectivity index (χ3n) is 3.87. The first-order chi connectivity index (χ1) is 11.1. The Balaban J connectivity index is 1.77. The van der Waals surface area contributed by atoms with E-state index in [0.717, 1.165) is 18.4 Å². The van der Waals surface area contributed by atoms with Crippen LogP contribution in [0.2, 0.25) is 0 Å². The molecule has 0 spiro atoms. The number of rotatable bonds is 3. The number of aryl methyl sites for hydroxylation is 1. The second-order valence-corrected chi connectivity index (χ2v) is 5.60. The fraction of sp³-hybridized carbons (Fsp3) is 0.353. The van der Waals surface area contributed by atoms with Crippen LogP contribution in [0.15, 0.2) is 34.7 Å². The van der Waals surface area contributed by atoms with Crippen molar-refractivity contribution in [1.82, 2.24) is 15.6 Å². The number of benzene rings is 1. The third kappa shape index (κ3) is 3.41. The molecule has 6 heteroatoms. The molecule has 1 fully saturated rings. The van der Waals surface area contributed by atoms with Crippen LogP contribution in [0.25, 0.3) is 11.5 Å². The van der Waals surface area contributed by atoms with Crippen molar-refractivity contribution >= 4 is 11.8 Å². The Morgan fingerprint density at radius 2 is 2.09 bits per heavy atom. The second kappa shape index (κ2) is 6.64. The number of amides is 2. The number of nitrogens with one attached hydrogen (secondary N) is 2. The minimum Gasteiger partial charge on any atom is -0.441 e. The summed E-state index contributed by atoms with van der Waals surface area (Å²) < 4.78 is 5.59. The lowest BCUT2D eigenvalue weighted by Gasteiger charge is -2.14. The Bertz CT molecular complexity index is 709. The fourth-order valence-corrected chi connectivity index (χ4v) is 2.61. The van der Waals surface area contributed by atoms with Gasteiger partial charge in [0, 0.05) is 12.1 Å². The van der Waals surface area contributed by atoms with Crippen molar-refractivity contribution in [3.05, 3.63) is 41.8 Å². The summed E-state index contributed by atoms with van der Waals surface area (Å²) in [6, 6.07) is 8.88. The van der Waals surface area contributed by atoms with Crippen molar-refractivity contribution in [2.45, 2.75) is 32.2 Å². The Kier molecular flexibility index (Phi) is 4.41. The zero-order valence-electron chi connectivity index (χ0n) is 13.0. The molecule has 0 bridgehead atoms. The van der Waals surface area contributed by atoms with Crippen LogP contribution >= 0.6 is 0 Å². The Morgan fingerprint density at radius 1 is 1.30 bits per heavy atom. The lowest BCUT2D eigenvalue weighted by atomic mass is 10.1. The number of carbonyl (C=O) groups excluding carboxylic acids is 2. The van der Waals surface area contributed by atoms with Crippen molar-refractivity contribution in [3.63, 3.8) is 0 Å². The van der Waals surface area contributed by atoms with Gasteiger partial charge < -0.3 is 15.1 Å². The van der Waals surface area contributed by atoms with Gasteiger partial charge in [0.05, 0.1) is 0 Å². The first-order valence-electron chi connectivity index (χ1n) is 7.76. The smallest absolute Gasteiger partial charge is 0.274 e. The number of carbonyl (C=O) groups is 2. The summed E-state index contributed by atoms with van der Waals surface area (Å²) in [6.07, 6.45) is 2.47. The van der Waals surface area contributed by atoms with E-state index >= 15 is 0 Å². The number of aromatic nitrogens is 1. The summed E-state index contributed by atoms with van der Waals surface area (Å²) in [4.78, 5) is 28.6. The number of hydrogen-bond donors (Lipinski definition) is 2. The quantitative estimate of drug-likeness (QED) is 0.908. The van der Waals surface area contributed by atoms with Gasteiger partial charge in [0.15, 0.2) is 5.69 Å². The normalized spacial score (nSPS) is 18.1. The van der Waals surface area contributed by atoms with Crippen LogP contribution in [-0.4, -0.2) is 29.4 Å². The molecule has 6 nitrogen and oxygen atoms in total. The second-order valence-electron chi connectivity index (χ2n) is 5.60. The molecular weight excluding hydrogens is 294 g/mol. The van der Waals surface area contributed by atoms with E-state index in [4.69, 9.17) is 4.42 Å². The monoisotopic (exact) mass is 313 g/mol. The highest BCUT2D eigenvalue weighted by molar-refractivity contribution is 5.97. The Hall–Kier alpha value is -2.63. The van der Waals surface area contributed by atoms with Crippen molar-refractivity contribution in [2.75, 3.05) is 6.54 Å². The van der Waals surface area contributed by atoms with Crippen LogP contribution in [0.3, 0.4) is 0 Å². The molecule has 120 valence electrons. The average molecular weight is 313 g/mol. The van der Waals surface area contributed by atoms with E-state index < -0.39 is 6.04 Å². The van der Waals surface area contributed by atoms with Crippen LogP contribution in [0, 0.1) is 6.92 Å². The number of oxazole rings is 1. The van der Waals surface area contributed by atoms with Crippen LogP contribution in [-0.2, 0) is 4.79 Å². The minimum absolute atomic E-state index is 0.139. The summed E-state index contributed by atoms with van der Waals surface area (Å²) in [5, 5.41) is 5.56. The maximum absolute atomic E-state index is 12.4. The SMILES string of the molecule is Cc1oc(-c2ccccc2)nc1C(=O)NC1CCCCNC1=O. The van der Waals surface area contributed by atoms with Crippen molar-refractivity contribution in [3.8, 4) is 11.5 Å². The van der Waals surface area contributed by atoms with E-state index in [1.807, 2.05) is 30.3 Å². The van der Waals surface area contributed by atoms with E-state index in [2.05, 4.69) is 15.6 Å². The predicted molar refractivity (Wildman–Crippen MR) is 84.8 cm³/mol. The van der Waals surface area contributed by atoms with Crippen LogP contribution < -0.4 is 10.6 Å². The molecule has 1 unspecified atom stereocenters. The number of hydrogen-bond acceptors (Lipinski definition) is 4. The minimum atomic E-state index is -0.513. The first kappa shape index (κ1) is 15.3. The Morgan fingerprint density at radius 3 is 2.87 bits per heavy atom. The molecule has 1 aromatic heterocycles. The topological polar surface area (TPSA) is 84.2 Å². The molecular formula is C17H19N3O3. The summed E-state index contributed by atoms with van der Waals surface area (Å²) >= 11 is 0. The molecule has 1 atom stereocenters. The van der Waals surface area contributed by atoms with Gasteiger partial charge >= 0.3 is 0 Å². The molecule has 2 amide bonds. The largest absolute Gasteiger partial charge is 0.441 e. The highest BCUT2D eigenvalue weighted by Crippen LogP contribution is 2.21. The van der Waals surface area contributed by atoms with Gasteiger partial charge in [-0.05, 0) is 38.3 Å². The van der Waals surface area contributed by atoms with Gasteiger partial charge in [-0.25, -0.2) is 4.98 Å². The molecule has 1 saturated heterocycles. The summed E-state index contributed by atoms with van der Waals surface area (Å²) in [6.45, 7) is 2.36. The van der Waals surface area contributed by atoms with Gasteiger partial charge in [-0.15, -0.1) is 0 Å². The fourth-order valence-electron chi connectivity index (χ4n) is 2.61. The van der Waals surface area contributed by atoms with Gasteiger partial charge in [0.1, 0.15) is 11.8 Å². The maximum Gasteiger partial charge on any atom is 0.274 e. The maximum atomic E-state index is 12.4. The molecule has 0 saturated carbocycles. The first-order valence-corrected chi connectivity index (χ1v) is 7.76. The van der Waals surface area contributed by atoms with E-state index in [1.165, 1.54) is 0 Å². The molecule has 1 aliphatic heterocycles. The van der Waals surface area contributed by atoms with E-state index in [0.29, 0.717) is 24.6 Å². The molecule has 2 N–H and O–H groups in total. The van der Waals surface area contributed by atoms with Crippen molar-refractivity contribution in [1.29, 1.82) is 0 Å². The van der Waals surface area contributed by atoms with Gasteiger partial charge in [-0.3, -0.25) is 9.59 Å². The lowest BCUT2D eigenvalue weighted by molar-refractivity contribution is -0.122. The van der Waals surface area contributed by atoms with Crippen LogP contribution in [0.4, 0.5) is 0 Å². The molecule has 0 aliphatic carbocycles. The van der Waals surface area contributed by atoms with Gasteiger partial charge in [0.2, 0.25) is 11.8 Å². The molecule has 23 heavy (non-hydrogen) atoms. The third-order valence-corrected chi connectivity index (χ3v) is 3.87. The van der Waals surface area contributed by atoms with E-state index in [-0.39, 0.29) is 17.5 Å². The molecule has 2 aromatic rings. The Labute approximate surface area is 134 Å². The summed E-state index contributed by atoms with van der Waals surface area (Å²) in [5.74, 6) is 0.324. The standard InChI is InChI=1S/C17H19N3O3/c1-11-14(20-17(23-11)12-7-3-2-4-8-12)16(22)19-13-9-5-6-10-18-15(13)21/h2-4,7-8,13H,5-6,9-10H2,1H3,(H,18,21)(H,19,22). The van der Waals surface area contributed by atoms with Gasteiger partial charge in [-0.1, -0.05) is 18.2 Å². The van der Waals surface area contributed by atoms with Crippen LogP contribution in [0.1, 0.15) is 35.5 Å². The van der Waals surface area contributed by atoms with Gasteiger partial charge in [0.25, 0.3) is 5.91 Å². The molecule has 2 heterocycles. The molecule has 0 radical (unpaired) electrons. The zero-order chi connectivity index (χ0) is 16.2. The molecule has 1 aliphatic rings.